The van der Waals surface area contributed by atoms with Crippen LogP contribution in [0.2, 0.25) is 0 Å². The number of nitrogens with one attached hydrogen (secondary N) is 1. The summed E-state index contributed by atoms with van der Waals surface area (Å²) in [5, 5.41) is 7.18. The summed E-state index contributed by atoms with van der Waals surface area (Å²) in [6.07, 6.45) is 2.67. The third-order valence-corrected chi connectivity index (χ3v) is 4.12. The molecule has 0 amide bonds. The Kier molecular flexibility index (Phi) is 5.25. The summed E-state index contributed by atoms with van der Waals surface area (Å²) >= 11 is 0. The molecule has 0 aliphatic carbocycles. The summed E-state index contributed by atoms with van der Waals surface area (Å²) in [4.78, 5) is 2.37. The summed E-state index contributed by atoms with van der Waals surface area (Å²) < 4.78 is 24.6. The maximum atomic E-state index is 13.5. The number of ether oxygens (including phenoxy) is 2. The van der Waals surface area contributed by atoms with Crippen LogP contribution in [0.1, 0.15) is 23.7 Å². The zero-order chi connectivity index (χ0) is 16.1. The minimum absolute atomic E-state index is 0.194. The van der Waals surface area contributed by atoms with Crippen LogP contribution in [0.5, 0.6) is 5.75 Å². The molecule has 3 rings (SSSR count). The van der Waals surface area contributed by atoms with Crippen LogP contribution in [-0.2, 0) is 4.74 Å². The predicted molar refractivity (Wildman–Crippen MR) is 85.0 cm³/mol. The molecule has 0 saturated carbocycles. The first kappa shape index (κ1) is 16.0. The van der Waals surface area contributed by atoms with Gasteiger partial charge in [-0.3, -0.25) is 10.00 Å². The number of aryl methyl sites for hydroxylation is 1. The van der Waals surface area contributed by atoms with Gasteiger partial charge in [0.25, 0.3) is 0 Å². The van der Waals surface area contributed by atoms with Gasteiger partial charge in [0.2, 0.25) is 0 Å². The monoisotopic (exact) mass is 319 g/mol. The number of nitrogens with zero attached hydrogens (tertiary/aromatic N) is 2. The molecule has 1 aromatic carbocycles. The van der Waals surface area contributed by atoms with E-state index < -0.39 is 0 Å². The largest absolute Gasteiger partial charge is 0.490 e. The van der Waals surface area contributed by atoms with Gasteiger partial charge >= 0.3 is 0 Å². The minimum atomic E-state index is -0.315. The second kappa shape index (κ2) is 7.57. The molecule has 2 aromatic rings. The lowest BCUT2D eigenvalue weighted by molar-refractivity contribution is -0.0120. The fourth-order valence-corrected chi connectivity index (χ4v) is 2.88. The highest BCUT2D eigenvalue weighted by atomic mass is 19.1. The van der Waals surface area contributed by atoms with E-state index in [9.17, 15) is 4.39 Å². The Morgan fingerprint density at radius 2 is 2.30 bits per heavy atom. The Labute approximate surface area is 135 Å². The summed E-state index contributed by atoms with van der Waals surface area (Å²) in [5.74, 6) is 0.000253. The van der Waals surface area contributed by atoms with Gasteiger partial charge in [-0.15, -0.1) is 0 Å². The molecule has 124 valence electrons. The fourth-order valence-electron chi connectivity index (χ4n) is 2.88. The molecule has 1 N–H and O–H groups in total. The SMILES string of the molecule is Cc1cn[nH]c1C1COCCN1CCCOc1ccccc1F. The smallest absolute Gasteiger partial charge is 0.165 e. The van der Waals surface area contributed by atoms with E-state index >= 15 is 0 Å². The lowest BCUT2D eigenvalue weighted by Crippen LogP contribution is -2.40. The molecule has 1 unspecified atom stereocenters. The van der Waals surface area contributed by atoms with Crippen molar-refractivity contribution in [2.75, 3.05) is 32.9 Å². The molecule has 0 bridgehead atoms. The Balaban J connectivity index is 1.52. The second-order valence-electron chi connectivity index (χ2n) is 5.73. The topological polar surface area (TPSA) is 50.4 Å². The maximum absolute atomic E-state index is 13.5. The van der Waals surface area contributed by atoms with E-state index in [0.29, 0.717) is 19.0 Å². The second-order valence-corrected chi connectivity index (χ2v) is 5.73. The third-order valence-electron chi connectivity index (χ3n) is 4.12. The van der Waals surface area contributed by atoms with Crippen LogP contribution in [0.15, 0.2) is 30.5 Å². The normalized spacial score (nSPS) is 19.0. The zero-order valence-corrected chi connectivity index (χ0v) is 13.3. The predicted octanol–water partition coefficient (Wildman–Crippen LogP) is 2.70. The number of halogens is 1. The van der Waals surface area contributed by atoms with Crippen molar-refractivity contribution in [3.63, 3.8) is 0 Å². The molecule has 1 aromatic heterocycles. The number of benzene rings is 1. The summed E-state index contributed by atoms with van der Waals surface area (Å²) in [6.45, 7) is 5.69. The van der Waals surface area contributed by atoms with E-state index in [2.05, 4.69) is 15.1 Å². The van der Waals surface area contributed by atoms with Crippen LogP contribution >= 0.6 is 0 Å². The first-order valence-electron chi connectivity index (χ1n) is 7.94. The molecule has 1 aliphatic rings. The number of hydrogen-bond acceptors (Lipinski definition) is 4. The average molecular weight is 319 g/mol. The molecule has 1 fully saturated rings. The molecular weight excluding hydrogens is 297 g/mol. The molecule has 5 nitrogen and oxygen atoms in total. The van der Waals surface area contributed by atoms with Gasteiger partial charge in [-0.1, -0.05) is 12.1 Å². The van der Waals surface area contributed by atoms with Crippen molar-refractivity contribution < 1.29 is 13.9 Å². The van der Waals surface area contributed by atoms with Crippen LogP contribution in [0, 0.1) is 12.7 Å². The number of H-pyrrole nitrogens is 1. The van der Waals surface area contributed by atoms with E-state index in [1.807, 2.05) is 13.1 Å². The standard InChI is InChI=1S/C17H22FN3O2/c1-13-11-19-20-17(13)15-12-22-10-8-21(15)7-4-9-23-16-6-3-2-5-14(16)18/h2-3,5-6,11,15H,4,7-10,12H2,1H3,(H,19,20). The van der Waals surface area contributed by atoms with Crippen LogP contribution in [0.25, 0.3) is 0 Å². The molecule has 2 heterocycles. The molecule has 1 aliphatic heterocycles. The first-order valence-corrected chi connectivity index (χ1v) is 7.94. The van der Waals surface area contributed by atoms with E-state index in [4.69, 9.17) is 9.47 Å². The van der Waals surface area contributed by atoms with Gasteiger partial charge in [-0.05, 0) is 31.0 Å². The van der Waals surface area contributed by atoms with Crippen molar-refractivity contribution in [1.82, 2.24) is 15.1 Å². The third kappa shape index (κ3) is 3.89. The Bertz CT molecular complexity index is 632. The van der Waals surface area contributed by atoms with E-state index in [-0.39, 0.29) is 11.9 Å². The fraction of sp³-hybridized carbons (Fsp3) is 0.471. The molecule has 0 spiro atoms. The average Bonchev–Trinajstić information content (AvgIpc) is 2.99. The van der Waals surface area contributed by atoms with Crippen molar-refractivity contribution in [2.45, 2.75) is 19.4 Å². The van der Waals surface area contributed by atoms with Crippen LogP contribution in [0.3, 0.4) is 0 Å². The van der Waals surface area contributed by atoms with Crippen molar-refractivity contribution in [2.24, 2.45) is 0 Å². The van der Waals surface area contributed by atoms with Crippen LogP contribution < -0.4 is 4.74 Å². The number of rotatable bonds is 6. The van der Waals surface area contributed by atoms with E-state index in [1.165, 1.54) is 6.07 Å². The van der Waals surface area contributed by atoms with Gasteiger partial charge in [0.05, 0.1) is 37.8 Å². The van der Waals surface area contributed by atoms with Crippen LogP contribution in [0.4, 0.5) is 4.39 Å². The quantitative estimate of drug-likeness (QED) is 0.832. The van der Waals surface area contributed by atoms with E-state index in [1.54, 1.807) is 18.2 Å². The number of morpholine rings is 1. The van der Waals surface area contributed by atoms with Crippen molar-refractivity contribution in [3.8, 4) is 5.75 Å². The zero-order valence-electron chi connectivity index (χ0n) is 13.3. The summed E-state index contributed by atoms with van der Waals surface area (Å²) in [5.41, 5.74) is 2.26. The van der Waals surface area contributed by atoms with Crippen molar-refractivity contribution in [3.05, 3.63) is 47.5 Å². The van der Waals surface area contributed by atoms with Gasteiger partial charge in [-0.2, -0.15) is 5.10 Å². The minimum Gasteiger partial charge on any atom is -0.490 e. The molecule has 6 heteroatoms. The van der Waals surface area contributed by atoms with Gasteiger partial charge in [0.1, 0.15) is 0 Å². The molecular formula is C17H22FN3O2. The van der Waals surface area contributed by atoms with E-state index in [0.717, 1.165) is 37.4 Å². The highest BCUT2D eigenvalue weighted by molar-refractivity contribution is 5.23. The number of aromatic nitrogens is 2. The summed E-state index contributed by atoms with van der Waals surface area (Å²) in [7, 11) is 0. The van der Waals surface area contributed by atoms with Crippen LogP contribution in [-0.4, -0.2) is 48.0 Å². The highest BCUT2D eigenvalue weighted by Crippen LogP contribution is 2.25. The lowest BCUT2D eigenvalue weighted by Gasteiger charge is -2.35. The number of hydrogen-bond donors (Lipinski definition) is 1. The first-order chi connectivity index (χ1) is 11.3. The molecule has 0 radical (unpaired) electrons. The Hall–Kier alpha value is -1.92. The highest BCUT2D eigenvalue weighted by Gasteiger charge is 2.26. The number of para-hydroxylation sites is 1. The lowest BCUT2D eigenvalue weighted by atomic mass is 10.1. The Morgan fingerprint density at radius 1 is 1.43 bits per heavy atom. The van der Waals surface area contributed by atoms with Gasteiger partial charge in [-0.25, -0.2) is 4.39 Å². The van der Waals surface area contributed by atoms with Crippen molar-refractivity contribution >= 4 is 0 Å². The maximum Gasteiger partial charge on any atom is 0.165 e. The van der Waals surface area contributed by atoms with Gasteiger partial charge < -0.3 is 9.47 Å². The molecule has 1 atom stereocenters. The van der Waals surface area contributed by atoms with Crippen molar-refractivity contribution in [1.29, 1.82) is 0 Å². The molecule has 1 saturated heterocycles. The number of aromatic amines is 1. The van der Waals surface area contributed by atoms with Gasteiger partial charge in [0, 0.05) is 13.1 Å². The summed E-state index contributed by atoms with van der Waals surface area (Å²) in [6, 6.07) is 6.69. The molecule has 23 heavy (non-hydrogen) atoms. The Morgan fingerprint density at radius 3 is 3.09 bits per heavy atom. The van der Waals surface area contributed by atoms with Gasteiger partial charge in [0.15, 0.2) is 11.6 Å².